The third-order valence-electron chi connectivity index (χ3n) is 4.07. The van der Waals surface area contributed by atoms with Crippen molar-refractivity contribution in [1.82, 2.24) is 0 Å². The van der Waals surface area contributed by atoms with Crippen LogP contribution in [0.2, 0.25) is 0 Å². The van der Waals surface area contributed by atoms with E-state index in [0.29, 0.717) is 5.69 Å². The minimum atomic E-state index is 0.184. The minimum absolute atomic E-state index is 0.184. The molecule has 0 atom stereocenters. The van der Waals surface area contributed by atoms with Crippen LogP contribution in [0.1, 0.15) is 19.4 Å². The lowest BCUT2D eigenvalue weighted by atomic mass is 10.1. The summed E-state index contributed by atoms with van der Waals surface area (Å²) in [6.45, 7) is 4.05. The second-order valence-corrected chi connectivity index (χ2v) is 6.77. The van der Waals surface area contributed by atoms with Crippen molar-refractivity contribution in [3.63, 3.8) is 0 Å². The van der Waals surface area contributed by atoms with Crippen molar-refractivity contribution in [2.24, 2.45) is 4.99 Å². The number of rotatable bonds is 7. The number of aliphatic imine (C=N–C) groups is 1. The van der Waals surface area contributed by atoms with Crippen LogP contribution in [-0.4, -0.2) is 25.4 Å². The SMILES string of the molecule is C\C(C=Nc1ccccc1O)=C/C=C/C=C(C)/C=C/c1ccc(N(C)C)cc1. The van der Waals surface area contributed by atoms with Crippen LogP contribution in [0.15, 0.2) is 95.0 Å². The molecule has 0 aromatic heterocycles. The van der Waals surface area contributed by atoms with Crippen molar-refractivity contribution in [3.8, 4) is 5.75 Å². The van der Waals surface area contributed by atoms with E-state index < -0.39 is 0 Å². The third-order valence-corrected chi connectivity index (χ3v) is 4.07. The predicted molar refractivity (Wildman–Crippen MR) is 123 cm³/mol. The molecule has 0 saturated carbocycles. The number of nitrogens with zero attached hydrogens (tertiary/aromatic N) is 2. The normalized spacial score (nSPS) is 13.1. The monoisotopic (exact) mass is 372 g/mol. The summed E-state index contributed by atoms with van der Waals surface area (Å²) in [7, 11) is 4.08. The van der Waals surface area contributed by atoms with Crippen LogP contribution in [0.5, 0.6) is 5.75 Å². The van der Waals surface area contributed by atoms with Crippen molar-refractivity contribution in [2.45, 2.75) is 13.8 Å². The topological polar surface area (TPSA) is 35.8 Å². The van der Waals surface area contributed by atoms with Crippen molar-refractivity contribution in [1.29, 1.82) is 0 Å². The molecule has 0 spiro atoms. The molecule has 144 valence electrons. The van der Waals surface area contributed by atoms with Gasteiger partial charge in [-0.05, 0) is 49.2 Å². The average molecular weight is 373 g/mol. The van der Waals surface area contributed by atoms with E-state index in [1.54, 1.807) is 24.4 Å². The summed E-state index contributed by atoms with van der Waals surface area (Å²) in [5.41, 5.74) is 5.11. The summed E-state index contributed by atoms with van der Waals surface area (Å²) in [6.07, 6.45) is 14.0. The Morgan fingerprint density at radius 2 is 1.54 bits per heavy atom. The molecule has 2 aromatic rings. The summed E-state index contributed by atoms with van der Waals surface area (Å²) >= 11 is 0. The number of benzene rings is 2. The fourth-order valence-electron chi connectivity index (χ4n) is 2.37. The summed E-state index contributed by atoms with van der Waals surface area (Å²) in [6, 6.07) is 15.5. The molecule has 1 N–H and O–H groups in total. The van der Waals surface area contributed by atoms with Crippen LogP contribution in [0.3, 0.4) is 0 Å². The Hall–Kier alpha value is -3.33. The second-order valence-electron chi connectivity index (χ2n) is 6.77. The first-order valence-electron chi connectivity index (χ1n) is 9.25. The zero-order valence-corrected chi connectivity index (χ0v) is 17.0. The Labute approximate surface area is 168 Å². The first-order chi connectivity index (χ1) is 13.5. The van der Waals surface area contributed by atoms with Crippen molar-refractivity contribution < 1.29 is 5.11 Å². The van der Waals surface area contributed by atoms with E-state index in [1.165, 1.54) is 16.8 Å². The van der Waals surface area contributed by atoms with Crippen LogP contribution in [-0.2, 0) is 0 Å². The minimum Gasteiger partial charge on any atom is -0.506 e. The maximum absolute atomic E-state index is 9.71. The molecule has 0 bridgehead atoms. The summed E-state index contributed by atoms with van der Waals surface area (Å²) in [5.74, 6) is 0.184. The average Bonchev–Trinajstić information content (AvgIpc) is 2.69. The van der Waals surface area contributed by atoms with Crippen LogP contribution in [0.4, 0.5) is 11.4 Å². The third kappa shape index (κ3) is 7.12. The van der Waals surface area contributed by atoms with E-state index >= 15 is 0 Å². The maximum atomic E-state index is 9.71. The van der Waals surface area contributed by atoms with Gasteiger partial charge in [0.15, 0.2) is 0 Å². The van der Waals surface area contributed by atoms with Gasteiger partial charge in [0.1, 0.15) is 11.4 Å². The molecular formula is C25H28N2O. The van der Waals surface area contributed by atoms with E-state index in [4.69, 9.17) is 0 Å². The Morgan fingerprint density at radius 1 is 0.893 bits per heavy atom. The molecule has 0 saturated heterocycles. The van der Waals surface area contributed by atoms with Gasteiger partial charge in [-0.3, -0.25) is 4.99 Å². The van der Waals surface area contributed by atoms with Gasteiger partial charge in [0, 0.05) is 26.0 Å². The van der Waals surface area contributed by atoms with Gasteiger partial charge in [-0.2, -0.15) is 0 Å². The van der Waals surface area contributed by atoms with Gasteiger partial charge in [0.25, 0.3) is 0 Å². The molecule has 0 unspecified atom stereocenters. The number of allylic oxidation sites excluding steroid dienone is 7. The van der Waals surface area contributed by atoms with E-state index in [-0.39, 0.29) is 5.75 Å². The number of phenolic OH excluding ortho intramolecular Hbond substituents is 1. The molecule has 28 heavy (non-hydrogen) atoms. The highest BCUT2D eigenvalue weighted by Gasteiger charge is 1.95. The summed E-state index contributed by atoms with van der Waals surface area (Å²) < 4.78 is 0. The highest BCUT2D eigenvalue weighted by atomic mass is 16.3. The quantitative estimate of drug-likeness (QED) is 0.456. The second kappa shape index (κ2) is 10.7. The van der Waals surface area contributed by atoms with E-state index in [2.05, 4.69) is 59.3 Å². The number of phenols is 1. The summed E-state index contributed by atoms with van der Waals surface area (Å²) in [4.78, 5) is 6.38. The molecule has 0 radical (unpaired) electrons. The largest absolute Gasteiger partial charge is 0.506 e. The van der Waals surface area contributed by atoms with Gasteiger partial charge in [0.2, 0.25) is 0 Å². The van der Waals surface area contributed by atoms with Gasteiger partial charge in [0.05, 0.1) is 0 Å². The molecule has 0 aliphatic carbocycles. The van der Waals surface area contributed by atoms with Crippen LogP contribution in [0.25, 0.3) is 6.08 Å². The molecule has 2 rings (SSSR count). The zero-order valence-electron chi connectivity index (χ0n) is 17.0. The molecule has 2 aromatic carbocycles. The number of aromatic hydroxyl groups is 1. The van der Waals surface area contributed by atoms with Gasteiger partial charge in [-0.15, -0.1) is 0 Å². The molecule has 0 fully saturated rings. The Kier molecular flexibility index (Phi) is 8.04. The Morgan fingerprint density at radius 3 is 2.18 bits per heavy atom. The van der Waals surface area contributed by atoms with Crippen LogP contribution in [0, 0.1) is 0 Å². The van der Waals surface area contributed by atoms with Gasteiger partial charge in [-0.1, -0.05) is 66.3 Å². The standard InChI is InChI=1S/C25H28N2O/c1-20(13-14-22-15-17-23(18-16-22)27(3)4)9-5-6-10-21(2)19-26-24-11-7-8-12-25(24)28/h5-19,28H,1-4H3/b6-5+,14-13+,20-9+,21-10+,26-19?. The van der Waals surface area contributed by atoms with Gasteiger partial charge < -0.3 is 10.0 Å². The predicted octanol–water partition coefficient (Wildman–Crippen LogP) is 6.32. The molecule has 0 aliphatic rings. The molecule has 3 nitrogen and oxygen atoms in total. The van der Waals surface area contributed by atoms with Crippen molar-refractivity contribution >= 4 is 23.7 Å². The number of anilines is 1. The lowest BCUT2D eigenvalue weighted by Crippen LogP contribution is -2.07. The smallest absolute Gasteiger partial charge is 0.141 e. The molecule has 0 aliphatic heterocycles. The molecule has 3 heteroatoms. The van der Waals surface area contributed by atoms with Crippen molar-refractivity contribution in [3.05, 3.63) is 95.6 Å². The number of hydrogen-bond donors (Lipinski definition) is 1. The van der Waals surface area contributed by atoms with Crippen LogP contribution < -0.4 is 4.90 Å². The van der Waals surface area contributed by atoms with Gasteiger partial charge in [-0.25, -0.2) is 0 Å². The zero-order chi connectivity index (χ0) is 20.4. The number of hydrogen-bond acceptors (Lipinski definition) is 3. The number of para-hydroxylation sites is 2. The fraction of sp³-hybridized carbons (Fsp3) is 0.160. The Bertz CT molecular complexity index is 914. The van der Waals surface area contributed by atoms with Crippen molar-refractivity contribution in [2.75, 3.05) is 19.0 Å². The van der Waals surface area contributed by atoms with E-state index in [0.717, 1.165) is 5.57 Å². The first-order valence-corrected chi connectivity index (χ1v) is 9.25. The molecular weight excluding hydrogens is 344 g/mol. The lowest BCUT2D eigenvalue weighted by molar-refractivity contribution is 0.477. The first kappa shape index (κ1) is 21.0. The molecule has 0 heterocycles. The van der Waals surface area contributed by atoms with Gasteiger partial charge >= 0.3 is 0 Å². The van der Waals surface area contributed by atoms with E-state index in [1.807, 2.05) is 45.3 Å². The lowest BCUT2D eigenvalue weighted by Gasteiger charge is -2.11. The van der Waals surface area contributed by atoms with Crippen LogP contribution >= 0.6 is 0 Å². The Balaban J connectivity index is 1.91. The van der Waals surface area contributed by atoms with E-state index in [9.17, 15) is 5.11 Å². The highest BCUT2D eigenvalue weighted by Crippen LogP contribution is 2.24. The molecule has 0 amide bonds. The fourth-order valence-corrected chi connectivity index (χ4v) is 2.37. The maximum Gasteiger partial charge on any atom is 0.141 e. The summed E-state index contributed by atoms with van der Waals surface area (Å²) in [5, 5.41) is 9.71. The highest BCUT2D eigenvalue weighted by molar-refractivity contribution is 5.81.